The molecule has 0 unspecified atom stereocenters. The summed E-state index contributed by atoms with van der Waals surface area (Å²) in [7, 11) is -3.09. The first-order valence-corrected chi connectivity index (χ1v) is 10.5. The fourth-order valence-corrected chi connectivity index (χ4v) is 4.34. The van der Waals surface area contributed by atoms with E-state index in [4.69, 9.17) is 5.73 Å². The molecule has 0 saturated carbocycles. The Labute approximate surface area is 153 Å². The van der Waals surface area contributed by atoms with Crippen molar-refractivity contribution in [3.05, 3.63) is 58.5 Å². The van der Waals surface area contributed by atoms with Gasteiger partial charge in [-0.1, -0.05) is 24.3 Å². The molecular formula is C17H16FN3O3S2. The predicted octanol–water partition coefficient (Wildman–Crippen LogP) is 2.49. The lowest BCUT2D eigenvalue weighted by Gasteiger charge is -2.06. The number of carbonyl (C=O) groups is 1. The van der Waals surface area contributed by atoms with Gasteiger partial charge >= 0.3 is 0 Å². The first kappa shape index (κ1) is 18.3. The molecule has 3 rings (SSSR count). The van der Waals surface area contributed by atoms with Gasteiger partial charge in [0.25, 0.3) is 5.91 Å². The maximum atomic E-state index is 13.8. The normalized spacial score (nSPS) is 11.6. The smallest absolute Gasteiger partial charge is 0.263 e. The fraction of sp³-hybridized carbons (Fsp3) is 0.176. The van der Waals surface area contributed by atoms with E-state index in [1.165, 1.54) is 12.5 Å². The minimum Gasteiger partial charge on any atom is -0.397 e. The molecule has 0 saturated heterocycles. The van der Waals surface area contributed by atoms with Crippen molar-refractivity contribution in [3.8, 4) is 0 Å². The molecule has 9 heteroatoms. The van der Waals surface area contributed by atoms with Crippen molar-refractivity contribution in [2.24, 2.45) is 0 Å². The highest BCUT2D eigenvalue weighted by atomic mass is 32.2. The summed E-state index contributed by atoms with van der Waals surface area (Å²) in [5.41, 5.74) is 7.50. The highest BCUT2D eigenvalue weighted by molar-refractivity contribution is 7.89. The molecule has 0 aliphatic rings. The number of rotatable bonds is 5. The molecule has 2 aromatic heterocycles. The lowest BCUT2D eigenvalue weighted by Crippen LogP contribution is -2.22. The average Bonchev–Trinajstić information content (AvgIpc) is 2.91. The van der Waals surface area contributed by atoms with Crippen LogP contribution in [-0.2, 0) is 22.1 Å². The molecule has 0 atom stereocenters. The van der Waals surface area contributed by atoms with Crippen LogP contribution in [0.1, 0.15) is 20.8 Å². The molecule has 6 nitrogen and oxygen atoms in total. The molecule has 1 amide bonds. The number of fused-ring (bicyclic) bond motifs is 1. The predicted molar refractivity (Wildman–Crippen MR) is 100 cm³/mol. The number of nitrogens with one attached hydrogen (secondary N) is 1. The first-order chi connectivity index (χ1) is 12.2. The van der Waals surface area contributed by atoms with Gasteiger partial charge in [-0.15, -0.1) is 11.3 Å². The summed E-state index contributed by atoms with van der Waals surface area (Å²) < 4.78 is 36.9. The van der Waals surface area contributed by atoms with Crippen LogP contribution in [0.4, 0.5) is 10.1 Å². The van der Waals surface area contributed by atoms with Gasteiger partial charge in [-0.2, -0.15) is 0 Å². The van der Waals surface area contributed by atoms with Gasteiger partial charge in [0, 0.05) is 19.0 Å². The molecule has 0 fully saturated rings. The maximum Gasteiger partial charge on any atom is 0.263 e. The van der Waals surface area contributed by atoms with E-state index in [1.807, 2.05) is 0 Å². The number of halogens is 1. The van der Waals surface area contributed by atoms with Crippen LogP contribution in [-0.4, -0.2) is 25.6 Å². The van der Waals surface area contributed by atoms with E-state index < -0.39 is 21.6 Å². The second-order valence-corrected chi connectivity index (χ2v) is 9.10. The van der Waals surface area contributed by atoms with E-state index in [9.17, 15) is 17.6 Å². The Kier molecular flexibility index (Phi) is 4.92. The number of nitrogens with zero attached hydrogens (tertiary/aromatic N) is 1. The van der Waals surface area contributed by atoms with Gasteiger partial charge in [0.15, 0.2) is 15.7 Å². The number of pyridine rings is 1. The Morgan fingerprint density at radius 2 is 1.88 bits per heavy atom. The van der Waals surface area contributed by atoms with Crippen LogP contribution in [0.3, 0.4) is 0 Å². The molecule has 0 spiro atoms. The molecule has 3 N–H and O–H groups in total. The molecule has 3 aromatic rings. The van der Waals surface area contributed by atoms with Crippen LogP contribution in [0.25, 0.3) is 10.1 Å². The van der Waals surface area contributed by atoms with Crippen LogP contribution in [0.5, 0.6) is 0 Å². The van der Waals surface area contributed by atoms with Crippen molar-refractivity contribution in [1.82, 2.24) is 10.3 Å². The third-order valence-corrected chi connectivity index (χ3v) is 5.70. The zero-order valence-corrected chi connectivity index (χ0v) is 15.5. The largest absolute Gasteiger partial charge is 0.397 e. The van der Waals surface area contributed by atoms with E-state index in [-0.39, 0.29) is 28.2 Å². The SMILES string of the molecule is CS(=O)(=O)Cc1ccc(CNC(=O)c2sc3cncc(F)c3c2N)cc1. The van der Waals surface area contributed by atoms with Crippen LogP contribution >= 0.6 is 11.3 Å². The number of aromatic nitrogens is 1. The second kappa shape index (κ2) is 7.00. The number of hydrogen-bond acceptors (Lipinski definition) is 6. The van der Waals surface area contributed by atoms with E-state index >= 15 is 0 Å². The van der Waals surface area contributed by atoms with E-state index in [1.54, 1.807) is 24.3 Å². The van der Waals surface area contributed by atoms with Crippen molar-refractivity contribution in [2.45, 2.75) is 12.3 Å². The lowest BCUT2D eigenvalue weighted by molar-refractivity contribution is 0.0956. The summed E-state index contributed by atoms with van der Waals surface area (Å²) in [6.07, 6.45) is 3.71. The van der Waals surface area contributed by atoms with Crippen molar-refractivity contribution < 1.29 is 17.6 Å². The Bertz CT molecular complexity index is 1080. The van der Waals surface area contributed by atoms with Crippen LogP contribution in [0, 0.1) is 5.82 Å². The van der Waals surface area contributed by atoms with Gasteiger partial charge in [0.2, 0.25) is 0 Å². The van der Waals surface area contributed by atoms with Crippen molar-refractivity contribution in [3.63, 3.8) is 0 Å². The maximum absolute atomic E-state index is 13.8. The Balaban J connectivity index is 1.71. The zero-order valence-electron chi connectivity index (χ0n) is 13.8. The number of sulfone groups is 1. The second-order valence-electron chi connectivity index (χ2n) is 5.91. The third kappa shape index (κ3) is 4.00. The van der Waals surface area contributed by atoms with E-state index in [2.05, 4.69) is 10.3 Å². The van der Waals surface area contributed by atoms with Crippen molar-refractivity contribution in [1.29, 1.82) is 0 Å². The number of thiophene rings is 1. The molecule has 26 heavy (non-hydrogen) atoms. The van der Waals surface area contributed by atoms with Crippen LogP contribution in [0.15, 0.2) is 36.7 Å². The average molecular weight is 393 g/mol. The lowest BCUT2D eigenvalue weighted by atomic mass is 10.1. The minimum absolute atomic E-state index is 0.0302. The molecule has 1 aromatic carbocycles. The number of carbonyl (C=O) groups excluding carboxylic acids is 1. The summed E-state index contributed by atoms with van der Waals surface area (Å²) in [4.78, 5) is 16.4. The molecular weight excluding hydrogens is 377 g/mol. The summed E-state index contributed by atoms with van der Waals surface area (Å²) >= 11 is 1.08. The van der Waals surface area contributed by atoms with Gasteiger partial charge in [-0.25, -0.2) is 12.8 Å². The Morgan fingerprint density at radius 3 is 2.50 bits per heavy atom. The van der Waals surface area contributed by atoms with Gasteiger partial charge in [0.1, 0.15) is 4.88 Å². The Hall–Kier alpha value is -2.52. The molecule has 0 aliphatic heterocycles. The van der Waals surface area contributed by atoms with E-state index in [0.717, 1.165) is 23.1 Å². The van der Waals surface area contributed by atoms with Crippen LogP contribution < -0.4 is 11.1 Å². The molecule has 136 valence electrons. The molecule has 2 heterocycles. The van der Waals surface area contributed by atoms with Crippen molar-refractivity contribution >= 4 is 42.9 Å². The van der Waals surface area contributed by atoms with Gasteiger partial charge in [0.05, 0.1) is 27.7 Å². The summed E-state index contributed by atoms with van der Waals surface area (Å²) in [5, 5.41) is 2.94. The Morgan fingerprint density at radius 1 is 1.23 bits per heavy atom. The van der Waals surface area contributed by atoms with Gasteiger partial charge in [-0.3, -0.25) is 9.78 Å². The zero-order chi connectivity index (χ0) is 18.9. The van der Waals surface area contributed by atoms with Gasteiger partial charge in [-0.05, 0) is 11.1 Å². The fourth-order valence-electron chi connectivity index (χ4n) is 2.52. The monoisotopic (exact) mass is 393 g/mol. The van der Waals surface area contributed by atoms with Crippen LogP contribution in [0.2, 0.25) is 0 Å². The topological polar surface area (TPSA) is 102 Å². The third-order valence-electron chi connectivity index (χ3n) is 3.70. The number of nitrogen functional groups attached to an aromatic ring is 1. The van der Waals surface area contributed by atoms with E-state index in [0.29, 0.717) is 10.3 Å². The number of nitrogens with two attached hydrogens (primary N) is 1. The standard InChI is InChI=1S/C17H16FN3O3S2/c1-26(23,24)9-11-4-2-10(3-5-11)6-21-17(22)16-15(19)14-12(18)7-20-8-13(14)25-16/h2-5,7-8H,6,9,19H2,1H3,(H,21,22). The number of anilines is 1. The first-order valence-electron chi connectivity index (χ1n) is 7.60. The summed E-state index contributed by atoms with van der Waals surface area (Å²) in [6.45, 7) is 0.242. The summed E-state index contributed by atoms with van der Waals surface area (Å²) in [6, 6.07) is 6.91. The number of amides is 1. The summed E-state index contributed by atoms with van der Waals surface area (Å²) in [5.74, 6) is -0.988. The quantitative estimate of drug-likeness (QED) is 0.693. The number of hydrogen-bond donors (Lipinski definition) is 2. The van der Waals surface area contributed by atoms with Gasteiger partial charge < -0.3 is 11.1 Å². The highest BCUT2D eigenvalue weighted by Gasteiger charge is 2.18. The minimum atomic E-state index is -3.09. The van der Waals surface area contributed by atoms with Crippen molar-refractivity contribution in [2.75, 3.05) is 12.0 Å². The molecule has 0 bridgehead atoms. The highest BCUT2D eigenvalue weighted by Crippen LogP contribution is 2.34. The molecule has 0 radical (unpaired) electrons. The number of benzene rings is 1. The molecule has 0 aliphatic carbocycles.